The first-order valence-electron chi connectivity index (χ1n) is 5.21. The van der Waals surface area contributed by atoms with Crippen molar-refractivity contribution in [1.29, 1.82) is 0 Å². The number of phenols is 1. The maximum Gasteiger partial charge on any atom is 0.135 e. The number of fused-ring (bicyclic) bond motifs is 1. The van der Waals surface area contributed by atoms with E-state index in [1.165, 1.54) is 0 Å². The number of halogens is 1. The molecule has 0 saturated heterocycles. The summed E-state index contributed by atoms with van der Waals surface area (Å²) in [5.74, 6) is 0.819. The summed E-state index contributed by atoms with van der Waals surface area (Å²) >= 11 is 5.87. The average molecular weight is 245 g/mol. The molecule has 0 unspecified atom stereocenters. The molecule has 17 heavy (non-hydrogen) atoms. The highest BCUT2D eigenvalue weighted by Gasteiger charge is 2.07. The van der Waals surface area contributed by atoms with Gasteiger partial charge < -0.3 is 9.52 Å². The third kappa shape index (κ3) is 1.77. The van der Waals surface area contributed by atoms with E-state index in [-0.39, 0.29) is 5.75 Å². The summed E-state index contributed by atoms with van der Waals surface area (Å²) in [6.07, 6.45) is 0. The topological polar surface area (TPSA) is 33.4 Å². The summed E-state index contributed by atoms with van der Waals surface area (Å²) in [6, 6.07) is 14.8. The number of para-hydroxylation sites is 1. The summed E-state index contributed by atoms with van der Waals surface area (Å²) in [7, 11) is 0. The van der Waals surface area contributed by atoms with Gasteiger partial charge in [0.1, 0.15) is 17.1 Å². The molecule has 3 heteroatoms. The lowest BCUT2D eigenvalue weighted by atomic mass is 10.1. The fourth-order valence-corrected chi connectivity index (χ4v) is 1.96. The molecule has 2 aromatic carbocycles. The second-order valence-electron chi connectivity index (χ2n) is 3.81. The lowest BCUT2D eigenvalue weighted by molar-refractivity contribution is 0.475. The Morgan fingerprint density at radius 1 is 1.00 bits per heavy atom. The quantitative estimate of drug-likeness (QED) is 0.686. The minimum Gasteiger partial charge on any atom is -0.506 e. The van der Waals surface area contributed by atoms with E-state index < -0.39 is 0 Å². The van der Waals surface area contributed by atoms with Gasteiger partial charge in [0.2, 0.25) is 0 Å². The van der Waals surface area contributed by atoms with Gasteiger partial charge in [0.05, 0.1) is 5.02 Å². The van der Waals surface area contributed by atoms with Crippen molar-refractivity contribution in [2.45, 2.75) is 0 Å². The van der Waals surface area contributed by atoms with Crippen molar-refractivity contribution in [2.75, 3.05) is 0 Å². The Morgan fingerprint density at radius 3 is 2.59 bits per heavy atom. The van der Waals surface area contributed by atoms with Gasteiger partial charge in [-0.2, -0.15) is 0 Å². The Bertz CT molecular complexity index is 653. The van der Waals surface area contributed by atoms with Crippen LogP contribution < -0.4 is 0 Å². The summed E-state index contributed by atoms with van der Waals surface area (Å²) < 4.78 is 5.71. The molecule has 3 rings (SSSR count). The van der Waals surface area contributed by atoms with Gasteiger partial charge in [-0.25, -0.2) is 0 Å². The number of phenolic OH excluding ortho intramolecular Hbond substituents is 1. The molecule has 1 aromatic heterocycles. The van der Waals surface area contributed by atoms with E-state index in [1.54, 1.807) is 18.2 Å². The molecule has 0 bridgehead atoms. The van der Waals surface area contributed by atoms with E-state index in [1.807, 2.05) is 30.3 Å². The van der Waals surface area contributed by atoms with Crippen LogP contribution in [0.15, 0.2) is 52.9 Å². The van der Waals surface area contributed by atoms with Crippen LogP contribution in [0.3, 0.4) is 0 Å². The first-order valence-corrected chi connectivity index (χ1v) is 5.59. The van der Waals surface area contributed by atoms with Crippen LogP contribution in [0.2, 0.25) is 5.02 Å². The minimum atomic E-state index is 0.0755. The van der Waals surface area contributed by atoms with Crippen LogP contribution in [-0.2, 0) is 0 Å². The fraction of sp³-hybridized carbons (Fsp3) is 0. The summed E-state index contributed by atoms with van der Waals surface area (Å²) in [6.45, 7) is 0. The molecule has 2 nitrogen and oxygen atoms in total. The Labute approximate surface area is 103 Å². The monoisotopic (exact) mass is 244 g/mol. The number of aromatic hydroxyl groups is 1. The zero-order valence-corrected chi connectivity index (χ0v) is 9.61. The Morgan fingerprint density at radius 2 is 1.82 bits per heavy atom. The van der Waals surface area contributed by atoms with E-state index in [9.17, 15) is 5.11 Å². The smallest absolute Gasteiger partial charge is 0.135 e. The predicted octanol–water partition coefficient (Wildman–Crippen LogP) is 4.46. The van der Waals surface area contributed by atoms with E-state index in [0.29, 0.717) is 5.02 Å². The summed E-state index contributed by atoms with van der Waals surface area (Å²) in [5.41, 5.74) is 1.69. The number of hydrogen-bond donors (Lipinski definition) is 1. The van der Waals surface area contributed by atoms with Gasteiger partial charge in [-0.1, -0.05) is 29.8 Å². The van der Waals surface area contributed by atoms with Crippen LogP contribution in [-0.4, -0.2) is 5.11 Å². The van der Waals surface area contributed by atoms with E-state index in [4.69, 9.17) is 16.0 Å². The van der Waals surface area contributed by atoms with Crippen molar-refractivity contribution in [1.82, 2.24) is 0 Å². The molecule has 0 saturated carbocycles. The van der Waals surface area contributed by atoms with Gasteiger partial charge in [0, 0.05) is 10.9 Å². The fourth-order valence-electron chi connectivity index (χ4n) is 1.78. The van der Waals surface area contributed by atoms with Crippen molar-refractivity contribution >= 4 is 22.6 Å². The highest BCUT2D eigenvalue weighted by molar-refractivity contribution is 6.32. The van der Waals surface area contributed by atoms with Crippen molar-refractivity contribution in [3.8, 4) is 17.1 Å². The zero-order chi connectivity index (χ0) is 11.8. The van der Waals surface area contributed by atoms with Crippen molar-refractivity contribution in [3.05, 3.63) is 53.6 Å². The van der Waals surface area contributed by atoms with E-state index in [0.717, 1.165) is 22.3 Å². The zero-order valence-electron chi connectivity index (χ0n) is 8.85. The third-order valence-corrected chi connectivity index (χ3v) is 2.96. The maximum atomic E-state index is 9.37. The van der Waals surface area contributed by atoms with Crippen LogP contribution in [0.4, 0.5) is 0 Å². The molecule has 0 spiro atoms. The third-order valence-electron chi connectivity index (χ3n) is 2.66. The summed E-state index contributed by atoms with van der Waals surface area (Å²) in [4.78, 5) is 0. The highest BCUT2D eigenvalue weighted by Crippen LogP contribution is 2.32. The molecule has 1 heterocycles. The van der Waals surface area contributed by atoms with Crippen LogP contribution in [0.1, 0.15) is 0 Å². The predicted molar refractivity (Wildman–Crippen MR) is 68.3 cm³/mol. The van der Waals surface area contributed by atoms with Crippen molar-refractivity contribution in [2.24, 2.45) is 0 Å². The van der Waals surface area contributed by atoms with Gasteiger partial charge in [0.25, 0.3) is 0 Å². The van der Waals surface area contributed by atoms with Crippen LogP contribution in [0.25, 0.3) is 22.3 Å². The van der Waals surface area contributed by atoms with Gasteiger partial charge in [-0.3, -0.25) is 0 Å². The Hall–Kier alpha value is -1.93. The van der Waals surface area contributed by atoms with Gasteiger partial charge in [-0.05, 0) is 30.3 Å². The van der Waals surface area contributed by atoms with E-state index >= 15 is 0 Å². The number of hydrogen-bond acceptors (Lipinski definition) is 2. The average Bonchev–Trinajstić information content (AvgIpc) is 2.76. The van der Waals surface area contributed by atoms with Crippen molar-refractivity contribution < 1.29 is 9.52 Å². The van der Waals surface area contributed by atoms with Crippen molar-refractivity contribution in [3.63, 3.8) is 0 Å². The lowest BCUT2D eigenvalue weighted by Gasteiger charge is -1.99. The highest BCUT2D eigenvalue weighted by atomic mass is 35.5. The molecular formula is C14H9ClO2. The minimum absolute atomic E-state index is 0.0755. The molecule has 0 atom stereocenters. The van der Waals surface area contributed by atoms with Gasteiger partial charge in [0.15, 0.2) is 0 Å². The molecule has 3 aromatic rings. The summed E-state index contributed by atoms with van der Waals surface area (Å²) in [5, 5.41) is 10.7. The van der Waals surface area contributed by atoms with Crippen LogP contribution >= 0.6 is 11.6 Å². The maximum absolute atomic E-state index is 9.37. The molecule has 0 fully saturated rings. The molecule has 0 aliphatic heterocycles. The largest absolute Gasteiger partial charge is 0.506 e. The second kappa shape index (κ2) is 3.82. The second-order valence-corrected chi connectivity index (χ2v) is 4.22. The lowest BCUT2D eigenvalue weighted by Crippen LogP contribution is -1.74. The van der Waals surface area contributed by atoms with Crippen LogP contribution in [0, 0.1) is 0 Å². The molecule has 0 radical (unpaired) electrons. The number of benzene rings is 2. The molecular weight excluding hydrogens is 236 g/mol. The van der Waals surface area contributed by atoms with Gasteiger partial charge in [-0.15, -0.1) is 0 Å². The van der Waals surface area contributed by atoms with Crippen LogP contribution in [0.5, 0.6) is 5.75 Å². The van der Waals surface area contributed by atoms with Gasteiger partial charge >= 0.3 is 0 Å². The molecule has 1 N–H and O–H groups in total. The molecule has 0 aliphatic carbocycles. The normalized spacial score (nSPS) is 10.9. The standard InChI is InChI=1S/C14H9ClO2/c15-11-7-10(5-6-12(11)16)14-8-9-3-1-2-4-13(9)17-14/h1-8,16H. The SMILES string of the molecule is Oc1ccc(-c2cc3ccccc3o2)cc1Cl. The number of furan rings is 1. The molecule has 0 amide bonds. The Kier molecular flexibility index (Phi) is 2.30. The molecule has 0 aliphatic rings. The Balaban J connectivity index is 2.17. The first-order chi connectivity index (χ1) is 8.24. The molecule has 84 valence electrons. The first kappa shape index (κ1) is 10.2. The van der Waals surface area contributed by atoms with E-state index in [2.05, 4.69) is 0 Å². The number of rotatable bonds is 1.